The maximum absolute atomic E-state index is 13.0. The lowest BCUT2D eigenvalue weighted by Crippen LogP contribution is -2.33. The molecule has 132 valence electrons. The second kappa shape index (κ2) is 6.29. The standard InChI is InChI=1S/C20H19N3O3/c1-12-16(20(25)26)8-9-18(21-12)19(24)23(15-6-7-15)11-14-10-13-4-2-3-5-17(13)22-14/h2-5,8-10,15,22H,6-7,11H2,1H3,(H,25,26). The molecule has 0 spiro atoms. The zero-order valence-corrected chi connectivity index (χ0v) is 14.4. The molecule has 0 radical (unpaired) electrons. The Balaban J connectivity index is 1.61. The molecule has 1 saturated carbocycles. The van der Waals surface area contributed by atoms with Crippen molar-refractivity contribution in [2.24, 2.45) is 0 Å². The highest BCUT2D eigenvalue weighted by atomic mass is 16.4. The van der Waals surface area contributed by atoms with Gasteiger partial charge in [-0.1, -0.05) is 18.2 Å². The molecule has 1 aliphatic carbocycles. The van der Waals surface area contributed by atoms with Gasteiger partial charge in [0.15, 0.2) is 0 Å². The number of aromatic nitrogens is 2. The van der Waals surface area contributed by atoms with E-state index < -0.39 is 5.97 Å². The summed E-state index contributed by atoms with van der Waals surface area (Å²) in [6.07, 6.45) is 1.97. The highest BCUT2D eigenvalue weighted by Gasteiger charge is 2.34. The molecule has 1 amide bonds. The van der Waals surface area contributed by atoms with Gasteiger partial charge in [0.25, 0.3) is 5.91 Å². The molecular formula is C20H19N3O3. The molecule has 2 aromatic heterocycles. The van der Waals surface area contributed by atoms with Crippen molar-refractivity contribution < 1.29 is 14.7 Å². The number of hydrogen-bond acceptors (Lipinski definition) is 3. The number of aromatic amines is 1. The van der Waals surface area contributed by atoms with Crippen LogP contribution in [-0.2, 0) is 6.54 Å². The molecule has 0 aliphatic heterocycles. The van der Waals surface area contributed by atoms with Gasteiger partial charge in [-0.05, 0) is 49.4 Å². The molecule has 2 N–H and O–H groups in total. The van der Waals surface area contributed by atoms with E-state index >= 15 is 0 Å². The lowest BCUT2D eigenvalue weighted by molar-refractivity contribution is 0.0688. The molecule has 6 heteroatoms. The van der Waals surface area contributed by atoms with Crippen molar-refractivity contribution in [2.75, 3.05) is 0 Å². The second-order valence-electron chi connectivity index (χ2n) is 6.68. The molecule has 2 heterocycles. The van der Waals surface area contributed by atoms with Crippen molar-refractivity contribution in [2.45, 2.75) is 32.4 Å². The molecule has 4 rings (SSSR count). The number of pyridine rings is 1. The van der Waals surface area contributed by atoms with Gasteiger partial charge in [0.2, 0.25) is 0 Å². The lowest BCUT2D eigenvalue weighted by atomic mass is 10.1. The van der Waals surface area contributed by atoms with Crippen LogP contribution in [0.15, 0.2) is 42.5 Å². The number of H-pyrrole nitrogens is 1. The molecule has 0 unspecified atom stereocenters. The minimum absolute atomic E-state index is 0.120. The average Bonchev–Trinajstić information content (AvgIpc) is 3.37. The molecule has 26 heavy (non-hydrogen) atoms. The van der Waals surface area contributed by atoms with Crippen LogP contribution in [0, 0.1) is 6.92 Å². The number of carboxylic acids is 1. The molecule has 0 bridgehead atoms. The highest BCUT2D eigenvalue weighted by molar-refractivity contribution is 5.95. The molecule has 0 atom stereocenters. The van der Waals surface area contributed by atoms with E-state index in [0.717, 1.165) is 29.4 Å². The molecule has 1 aromatic carbocycles. The van der Waals surface area contributed by atoms with E-state index in [1.807, 2.05) is 29.2 Å². The van der Waals surface area contributed by atoms with E-state index in [-0.39, 0.29) is 23.2 Å². The van der Waals surface area contributed by atoms with Crippen molar-refractivity contribution in [3.05, 3.63) is 65.1 Å². The van der Waals surface area contributed by atoms with E-state index in [0.29, 0.717) is 12.2 Å². The average molecular weight is 349 g/mol. The number of carboxylic acid groups (broad SMARTS) is 1. The fourth-order valence-corrected chi connectivity index (χ4v) is 3.21. The largest absolute Gasteiger partial charge is 0.478 e. The first-order valence-electron chi connectivity index (χ1n) is 8.61. The Morgan fingerprint density at radius 1 is 1.23 bits per heavy atom. The number of para-hydroxylation sites is 1. The second-order valence-corrected chi connectivity index (χ2v) is 6.68. The fourth-order valence-electron chi connectivity index (χ4n) is 3.21. The normalized spacial score (nSPS) is 13.7. The van der Waals surface area contributed by atoms with E-state index in [9.17, 15) is 9.59 Å². The van der Waals surface area contributed by atoms with Crippen molar-refractivity contribution in [1.29, 1.82) is 0 Å². The van der Waals surface area contributed by atoms with Gasteiger partial charge in [-0.2, -0.15) is 0 Å². The SMILES string of the molecule is Cc1nc(C(=O)N(Cc2cc3ccccc3[nH]2)C2CC2)ccc1C(=O)O. The Bertz CT molecular complexity index is 971. The van der Waals surface area contributed by atoms with Gasteiger partial charge in [-0.3, -0.25) is 4.79 Å². The number of rotatable bonds is 5. The summed E-state index contributed by atoms with van der Waals surface area (Å²) in [4.78, 5) is 33.5. The van der Waals surface area contributed by atoms with Gasteiger partial charge < -0.3 is 15.0 Å². The summed E-state index contributed by atoms with van der Waals surface area (Å²) in [5.74, 6) is -1.20. The van der Waals surface area contributed by atoms with Crippen molar-refractivity contribution >= 4 is 22.8 Å². The number of carbonyl (C=O) groups is 2. The van der Waals surface area contributed by atoms with E-state index in [2.05, 4.69) is 16.0 Å². The van der Waals surface area contributed by atoms with Gasteiger partial charge in [0, 0.05) is 17.3 Å². The number of amides is 1. The summed E-state index contributed by atoms with van der Waals surface area (Å²) in [5, 5.41) is 10.2. The zero-order valence-electron chi connectivity index (χ0n) is 14.4. The summed E-state index contributed by atoms with van der Waals surface area (Å²) >= 11 is 0. The van der Waals surface area contributed by atoms with Crippen LogP contribution in [0.3, 0.4) is 0 Å². The van der Waals surface area contributed by atoms with Gasteiger partial charge in [0.1, 0.15) is 5.69 Å². The van der Waals surface area contributed by atoms with E-state index in [4.69, 9.17) is 5.11 Å². The smallest absolute Gasteiger partial charge is 0.337 e. The van der Waals surface area contributed by atoms with E-state index in [1.54, 1.807) is 6.92 Å². The topological polar surface area (TPSA) is 86.3 Å². The summed E-state index contributed by atoms with van der Waals surface area (Å²) < 4.78 is 0. The number of nitrogens with zero attached hydrogens (tertiary/aromatic N) is 2. The Hall–Kier alpha value is -3.15. The summed E-state index contributed by atoms with van der Waals surface area (Å²) in [6, 6.07) is 13.2. The predicted molar refractivity (Wildman–Crippen MR) is 97.1 cm³/mol. The number of carbonyl (C=O) groups excluding carboxylic acids is 1. The number of aromatic carboxylic acids is 1. The van der Waals surface area contributed by atoms with Gasteiger partial charge >= 0.3 is 5.97 Å². The first-order valence-corrected chi connectivity index (χ1v) is 8.61. The summed E-state index contributed by atoms with van der Waals surface area (Å²) in [6.45, 7) is 2.10. The molecule has 1 fully saturated rings. The number of hydrogen-bond donors (Lipinski definition) is 2. The zero-order chi connectivity index (χ0) is 18.3. The van der Waals surface area contributed by atoms with Crippen LogP contribution in [0.4, 0.5) is 0 Å². The Morgan fingerprint density at radius 3 is 2.65 bits per heavy atom. The predicted octanol–water partition coefficient (Wildman–Crippen LogP) is 3.37. The molecule has 1 aliphatic rings. The van der Waals surface area contributed by atoms with Gasteiger partial charge in [0.05, 0.1) is 17.8 Å². The number of aryl methyl sites for hydroxylation is 1. The highest BCUT2D eigenvalue weighted by Crippen LogP contribution is 2.30. The Morgan fingerprint density at radius 2 is 2.00 bits per heavy atom. The third-order valence-corrected chi connectivity index (χ3v) is 4.71. The van der Waals surface area contributed by atoms with Crippen LogP contribution in [-0.4, -0.2) is 37.9 Å². The number of benzene rings is 1. The minimum atomic E-state index is -1.04. The summed E-state index contributed by atoms with van der Waals surface area (Å²) in [5.41, 5.74) is 2.78. The van der Waals surface area contributed by atoms with Crippen molar-refractivity contribution in [3.8, 4) is 0 Å². The first kappa shape index (κ1) is 16.3. The minimum Gasteiger partial charge on any atom is -0.478 e. The van der Waals surface area contributed by atoms with E-state index in [1.165, 1.54) is 12.1 Å². The Kier molecular flexibility index (Phi) is 3.95. The molecule has 3 aromatic rings. The lowest BCUT2D eigenvalue weighted by Gasteiger charge is -2.21. The van der Waals surface area contributed by atoms with Gasteiger partial charge in [-0.15, -0.1) is 0 Å². The van der Waals surface area contributed by atoms with Crippen LogP contribution in [0.25, 0.3) is 10.9 Å². The van der Waals surface area contributed by atoms with Crippen molar-refractivity contribution in [1.82, 2.24) is 14.9 Å². The monoisotopic (exact) mass is 349 g/mol. The third-order valence-electron chi connectivity index (χ3n) is 4.71. The maximum atomic E-state index is 13.0. The van der Waals surface area contributed by atoms with Crippen molar-refractivity contribution in [3.63, 3.8) is 0 Å². The number of nitrogens with one attached hydrogen (secondary N) is 1. The molecule has 6 nitrogen and oxygen atoms in total. The fraction of sp³-hybridized carbons (Fsp3) is 0.250. The first-order chi connectivity index (χ1) is 12.5. The van der Waals surface area contributed by atoms with Crippen LogP contribution in [0.5, 0.6) is 0 Å². The van der Waals surface area contributed by atoms with Crippen LogP contribution in [0.1, 0.15) is 45.1 Å². The van der Waals surface area contributed by atoms with Gasteiger partial charge in [-0.25, -0.2) is 9.78 Å². The molecular weight excluding hydrogens is 330 g/mol. The summed E-state index contributed by atoms with van der Waals surface area (Å²) in [7, 11) is 0. The van der Waals surface area contributed by atoms with Crippen LogP contribution in [0.2, 0.25) is 0 Å². The maximum Gasteiger partial charge on any atom is 0.337 e. The number of fused-ring (bicyclic) bond motifs is 1. The van der Waals surface area contributed by atoms with Crippen LogP contribution < -0.4 is 0 Å². The third kappa shape index (κ3) is 3.06. The van der Waals surface area contributed by atoms with Crippen LogP contribution >= 0.6 is 0 Å². The Labute approximate surface area is 150 Å². The quantitative estimate of drug-likeness (QED) is 0.739. The molecule has 0 saturated heterocycles.